The van der Waals surface area contributed by atoms with Crippen LogP contribution < -0.4 is 10.2 Å². The van der Waals surface area contributed by atoms with Crippen LogP contribution in [0.4, 0.5) is 21.2 Å². The molecule has 11 heteroatoms. The average Bonchev–Trinajstić information content (AvgIpc) is 3.46. The van der Waals surface area contributed by atoms with Gasteiger partial charge in [-0.2, -0.15) is 0 Å². The number of anilines is 3. The molecule has 1 saturated heterocycles. The van der Waals surface area contributed by atoms with E-state index in [1.807, 2.05) is 49.4 Å². The second-order valence-corrected chi connectivity index (χ2v) is 17.0. The topological polar surface area (TPSA) is 119 Å². The number of aliphatic hydroxyl groups excluding tert-OH is 2. The van der Waals surface area contributed by atoms with Crippen molar-refractivity contribution < 1.29 is 33.4 Å². The van der Waals surface area contributed by atoms with Crippen LogP contribution in [0.1, 0.15) is 37.0 Å². The fourth-order valence-corrected chi connectivity index (χ4v) is 10.2. The molecule has 1 fully saturated rings. The molecule has 1 spiro atoms. The van der Waals surface area contributed by atoms with E-state index < -0.39 is 55.5 Å². The molecule has 0 bridgehead atoms. The van der Waals surface area contributed by atoms with E-state index in [2.05, 4.69) is 5.32 Å². The number of carbonyl (C=O) groups excluding carboxylic acids is 3. The second-order valence-electron chi connectivity index (χ2n) is 13.2. The van der Waals surface area contributed by atoms with Gasteiger partial charge in [-0.15, -0.1) is 0 Å². The van der Waals surface area contributed by atoms with Gasteiger partial charge < -0.3 is 29.3 Å². The highest BCUT2D eigenvalue weighted by Gasteiger charge is 2.67. The number of fused-ring (bicyclic) bond motifs is 3. The monoisotopic (exact) mass is 645 g/mol. The van der Waals surface area contributed by atoms with Crippen molar-refractivity contribution in [2.45, 2.75) is 75.7 Å². The number of hydrogen-bond acceptors (Lipinski definition) is 6. The molecule has 9 nitrogen and oxygen atoms in total. The molecule has 3 aliphatic heterocycles. The molecule has 6 atom stereocenters. The SMILES string of the molecule is C[C@H](O)C(=O)Nc1ccc2c(c1)[C@@]1(O[C@H](CC(=O)N3Cc4ccccc4C[C@H]3CO)[C@@H]([Si](C)(C)F)[C@@H]1C)C(=O)N2c1ccccc1. The quantitative estimate of drug-likeness (QED) is 0.251. The van der Waals surface area contributed by atoms with E-state index in [1.54, 1.807) is 53.2 Å². The van der Waals surface area contributed by atoms with E-state index >= 15 is 4.11 Å². The molecule has 0 unspecified atom stereocenters. The minimum absolute atomic E-state index is 0.151. The molecular weight excluding hydrogens is 605 g/mol. The summed E-state index contributed by atoms with van der Waals surface area (Å²) < 4.78 is 23.2. The van der Waals surface area contributed by atoms with Gasteiger partial charge in [0, 0.05) is 34.9 Å². The van der Waals surface area contributed by atoms with Gasteiger partial charge in [-0.25, -0.2) is 0 Å². The predicted octanol–water partition coefficient (Wildman–Crippen LogP) is 4.80. The summed E-state index contributed by atoms with van der Waals surface area (Å²) in [4.78, 5) is 44.4. The number of ether oxygens (including phenoxy) is 1. The number of halogens is 1. The minimum Gasteiger partial charge on any atom is -0.394 e. The fraction of sp³-hybridized carbons (Fsp3) is 0.400. The maximum absolute atomic E-state index is 16.4. The summed E-state index contributed by atoms with van der Waals surface area (Å²) in [6, 6.07) is 21.5. The Kier molecular flexibility index (Phi) is 8.39. The Hall–Kier alpha value is -3.90. The van der Waals surface area contributed by atoms with Gasteiger partial charge >= 0.3 is 0 Å². The molecule has 3 amide bonds. The Balaban J connectivity index is 1.41. The van der Waals surface area contributed by atoms with Crippen molar-refractivity contribution >= 4 is 43.2 Å². The second kappa shape index (κ2) is 12.0. The molecule has 6 rings (SSSR count). The normalized spacial score (nSPS) is 26.2. The molecular formula is C35H40FN3O6Si. The lowest BCUT2D eigenvalue weighted by molar-refractivity contribution is -0.150. The number of rotatable bonds is 7. The summed E-state index contributed by atoms with van der Waals surface area (Å²) in [5.74, 6) is -1.93. The van der Waals surface area contributed by atoms with E-state index in [9.17, 15) is 24.6 Å². The first-order valence-electron chi connectivity index (χ1n) is 15.7. The number of carbonyl (C=O) groups is 3. The Bertz CT molecular complexity index is 1660. The van der Waals surface area contributed by atoms with Gasteiger partial charge in [0.1, 0.15) is 6.10 Å². The van der Waals surface area contributed by atoms with Crippen molar-refractivity contribution in [1.82, 2.24) is 4.90 Å². The minimum atomic E-state index is -3.57. The van der Waals surface area contributed by atoms with Crippen molar-refractivity contribution in [1.29, 1.82) is 0 Å². The Morgan fingerprint density at radius 1 is 1.09 bits per heavy atom. The van der Waals surface area contributed by atoms with Crippen LogP contribution in [0.25, 0.3) is 0 Å². The molecule has 3 aromatic carbocycles. The van der Waals surface area contributed by atoms with Gasteiger partial charge in [0.15, 0.2) is 5.60 Å². The molecule has 0 saturated carbocycles. The van der Waals surface area contributed by atoms with E-state index in [4.69, 9.17) is 4.74 Å². The third-order valence-corrected chi connectivity index (χ3v) is 12.2. The summed E-state index contributed by atoms with van der Waals surface area (Å²) in [5, 5.41) is 22.7. The smallest absolute Gasteiger partial charge is 0.268 e. The van der Waals surface area contributed by atoms with Crippen molar-refractivity contribution in [3.8, 4) is 0 Å². The maximum atomic E-state index is 16.4. The van der Waals surface area contributed by atoms with E-state index in [0.29, 0.717) is 35.6 Å². The largest absolute Gasteiger partial charge is 0.394 e. The molecule has 3 aromatic rings. The highest BCUT2D eigenvalue weighted by atomic mass is 28.4. The summed E-state index contributed by atoms with van der Waals surface area (Å²) in [7, 11) is -3.57. The van der Waals surface area contributed by atoms with Crippen LogP contribution in [0.5, 0.6) is 0 Å². The van der Waals surface area contributed by atoms with Crippen LogP contribution in [-0.4, -0.2) is 66.1 Å². The van der Waals surface area contributed by atoms with Gasteiger partial charge in [-0.1, -0.05) is 49.4 Å². The van der Waals surface area contributed by atoms with Crippen LogP contribution in [0.15, 0.2) is 72.8 Å². The fourth-order valence-electron chi connectivity index (χ4n) is 7.66. The molecule has 0 aliphatic carbocycles. The number of nitrogens with zero attached hydrogens (tertiary/aromatic N) is 2. The number of para-hydroxylation sites is 1. The van der Waals surface area contributed by atoms with Gasteiger partial charge in [0.25, 0.3) is 11.8 Å². The molecule has 0 aromatic heterocycles. The van der Waals surface area contributed by atoms with Gasteiger partial charge in [-0.05, 0) is 67.9 Å². The van der Waals surface area contributed by atoms with Crippen LogP contribution in [-0.2, 0) is 37.7 Å². The van der Waals surface area contributed by atoms with Crippen LogP contribution in [0.2, 0.25) is 18.6 Å². The Morgan fingerprint density at radius 3 is 2.41 bits per heavy atom. The zero-order valence-electron chi connectivity index (χ0n) is 26.4. The third-order valence-electron chi connectivity index (χ3n) is 9.79. The zero-order valence-corrected chi connectivity index (χ0v) is 27.4. The predicted molar refractivity (Wildman–Crippen MR) is 175 cm³/mol. The van der Waals surface area contributed by atoms with E-state index in [-0.39, 0.29) is 18.9 Å². The molecule has 3 aliphatic rings. The van der Waals surface area contributed by atoms with E-state index in [1.165, 1.54) is 6.92 Å². The maximum Gasteiger partial charge on any atom is 0.268 e. The van der Waals surface area contributed by atoms with Gasteiger partial charge in [-0.3, -0.25) is 19.3 Å². The Morgan fingerprint density at radius 2 is 1.76 bits per heavy atom. The number of hydrogen-bond donors (Lipinski definition) is 3. The van der Waals surface area contributed by atoms with Gasteiger partial charge in [0.2, 0.25) is 14.3 Å². The molecule has 242 valence electrons. The average molecular weight is 646 g/mol. The highest BCUT2D eigenvalue weighted by molar-refractivity contribution is 6.72. The lowest BCUT2D eigenvalue weighted by Crippen LogP contribution is -2.48. The first-order chi connectivity index (χ1) is 21.9. The van der Waals surface area contributed by atoms with Crippen molar-refractivity contribution in [2.75, 3.05) is 16.8 Å². The summed E-state index contributed by atoms with van der Waals surface area (Å²) in [5.41, 5.74) is 1.70. The lowest BCUT2D eigenvalue weighted by atomic mass is 9.82. The van der Waals surface area contributed by atoms with Crippen molar-refractivity contribution in [2.24, 2.45) is 5.92 Å². The van der Waals surface area contributed by atoms with E-state index in [0.717, 1.165) is 11.1 Å². The summed E-state index contributed by atoms with van der Waals surface area (Å²) in [6.07, 6.45) is -1.80. The third kappa shape index (κ3) is 5.34. The number of amides is 3. The standard InChI is InChI=1S/C35H40FN3O6Si/c1-21-32(46(3,4)36)30(18-31(42)38-19-24-11-9-8-10-23(24)16-27(38)20-40)45-35(21)28-17-25(37-33(43)22(2)41)14-15-29(28)39(34(35)44)26-12-6-5-7-13-26/h5-15,17,21-22,27,30,32,40-41H,16,18-20H2,1-4H3,(H,37,43)/t21-,22-,27-,30+,32-,35+/m0/s1. The number of aliphatic hydroxyl groups is 2. The summed E-state index contributed by atoms with van der Waals surface area (Å²) in [6.45, 7) is 6.44. The van der Waals surface area contributed by atoms with Crippen LogP contribution in [0, 0.1) is 5.92 Å². The van der Waals surface area contributed by atoms with Crippen LogP contribution >= 0.6 is 0 Å². The van der Waals surface area contributed by atoms with Gasteiger partial charge in [0.05, 0.1) is 30.9 Å². The lowest BCUT2D eigenvalue weighted by Gasteiger charge is -2.37. The highest BCUT2D eigenvalue weighted by Crippen LogP contribution is 2.61. The molecule has 3 heterocycles. The number of nitrogens with one attached hydrogen (secondary N) is 1. The Labute approximate surface area is 269 Å². The van der Waals surface area contributed by atoms with Crippen LogP contribution in [0.3, 0.4) is 0 Å². The molecule has 46 heavy (non-hydrogen) atoms. The first kappa shape index (κ1) is 32.1. The van der Waals surface area contributed by atoms with Crippen molar-refractivity contribution in [3.63, 3.8) is 0 Å². The molecule has 0 radical (unpaired) electrons. The first-order valence-corrected chi connectivity index (χ1v) is 18.7. The summed E-state index contributed by atoms with van der Waals surface area (Å²) >= 11 is 0. The number of benzene rings is 3. The molecule has 3 N–H and O–H groups in total. The van der Waals surface area contributed by atoms with Crippen molar-refractivity contribution in [3.05, 3.63) is 89.5 Å². The zero-order chi connectivity index (χ0) is 33.0.